The van der Waals surface area contributed by atoms with Crippen LogP contribution in [-0.4, -0.2) is 15.4 Å². The average Bonchev–Trinajstić information content (AvgIpc) is 2.96. The number of benzene rings is 2. The fourth-order valence-electron chi connectivity index (χ4n) is 2.04. The Morgan fingerprint density at radius 3 is 2.33 bits per heavy atom. The molecule has 0 saturated carbocycles. The highest BCUT2D eigenvalue weighted by atomic mass is 19.1. The molecule has 0 aliphatic rings. The van der Waals surface area contributed by atoms with E-state index in [9.17, 15) is 8.78 Å². The van der Waals surface area contributed by atoms with Gasteiger partial charge < -0.3 is 5.32 Å². The fraction of sp³-hybridized carbons (Fsp3) is 0.0667. The van der Waals surface area contributed by atoms with Gasteiger partial charge in [-0.3, -0.25) is 0 Å². The van der Waals surface area contributed by atoms with Crippen LogP contribution in [-0.2, 0) is 6.54 Å². The molecule has 6 heteroatoms. The molecule has 4 nitrogen and oxygen atoms in total. The minimum atomic E-state index is -0.639. The molecule has 3 rings (SSSR count). The second kappa shape index (κ2) is 5.70. The SMILES string of the molecule is Fc1cccc(F)c1NCc1n[nH]nc1-c1ccccc1. The van der Waals surface area contributed by atoms with Crippen LogP contribution in [0.2, 0.25) is 0 Å². The van der Waals surface area contributed by atoms with Crippen LogP contribution in [0, 0.1) is 11.6 Å². The first-order chi connectivity index (χ1) is 10.3. The molecular weight excluding hydrogens is 274 g/mol. The van der Waals surface area contributed by atoms with E-state index in [1.54, 1.807) is 0 Å². The molecule has 0 unspecified atom stereocenters. The van der Waals surface area contributed by atoms with E-state index >= 15 is 0 Å². The van der Waals surface area contributed by atoms with Gasteiger partial charge >= 0.3 is 0 Å². The summed E-state index contributed by atoms with van der Waals surface area (Å²) in [6, 6.07) is 13.2. The first-order valence-electron chi connectivity index (χ1n) is 6.38. The highest BCUT2D eigenvalue weighted by Gasteiger charge is 2.12. The average molecular weight is 286 g/mol. The van der Waals surface area contributed by atoms with E-state index in [2.05, 4.69) is 20.7 Å². The van der Waals surface area contributed by atoms with Crippen LogP contribution in [0.4, 0.5) is 14.5 Å². The van der Waals surface area contributed by atoms with Crippen LogP contribution >= 0.6 is 0 Å². The maximum atomic E-state index is 13.6. The van der Waals surface area contributed by atoms with Crippen molar-refractivity contribution in [3.05, 3.63) is 65.9 Å². The lowest BCUT2D eigenvalue weighted by Crippen LogP contribution is -2.05. The summed E-state index contributed by atoms with van der Waals surface area (Å²) < 4.78 is 27.1. The first kappa shape index (κ1) is 13.2. The molecule has 0 atom stereocenters. The lowest BCUT2D eigenvalue weighted by molar-refractivity contribution is 0.588. The number of rotatable bonds is 4. The van der Waals surface area contributed by atoms with Crippen LogP contribution < -0.4 is 5.32 Å². The molecule has 2 aromatic carbocycles. The number of hydrogen-bond donors (Lipinski definition) is 2. The Morgan fingerprint density at radius 1 is 0.905 bits per heavy atom. The molecule has 0 aliphatic heterocycles. The summed E-state index contributed by atoms with van der Waals surface area (Å²) in [6.45, 7) is 0.165. The molecule has 21 heavy (non-hydrogen) atoms. The van der Waals surface area contributed by atoms with Crippen molar-refractivity contribution in [2.24, 2.45) is 0 Å². The summed E-state index contributed by atoms with van der Waals surface area (Å²) in [7, 11) is 0. The summed E-state index contributed by atoms with van der Waals surface area (Å²) in [5.41, 5.74) is 1.96. The third-order valence-electron chi connectivity index (χ3n) is 3.06. The zero-order chi connectivity index (χ0) is 14.7. The van der Waals surface area contributed by atoms with Crippen molar-refractivity contribution >= 4 is 5.69 Å². The third kappa shape index (κ3) is 2.74. The summed E-state index contributed by atoms with van der Waals surface area (Å²) in [5, 5.41) is 13.4. The monoisotopic (exact) mass is 286 g/mol. The molecule has 0 bridgehead atoms. The van der Waals surface area contributed by atoms with Gasteiger partial charge in [0.2, 0.25) is 0 Å². The molecule has 0 spiro atoms. The number of halogens is 2. The molecule has 0 aliphatic carbocycles. The molecule has 1 aromatic heterocycles. The summed E-state index contributed by atoms with van der Waals surface area (Å²) in [5.74, 6) is -1.28. The number of nitrogens with one attached hydrogen (secondary N) is 2. The van der Waals surface area contributed by atoms with Gasteiger partial charge in [0.25, 0.3) is 0 Å². The van der Waals surface area contributed by atoms with E-state index in [4.69, 9.17) is 0 Å². The van der Waals surface area contributed by atoms with E-state index in [1.807, 2.05) is 30.3 Å². The van der Waals surface area contributed by atoms with Crippen molar-refractivity contribution in [1.29, 1.82) is 0 Å². The molecule has 0 saturated heterocycles. The Kier molecular flexibility index (Phi) is 3.59. The van der Waals surface area contributed by atoms with Crippen molar-refractivity contribution in [3.8, 4) is 11.3 Å². The molecule has 2 N–H and O–H groups in total. The van der Waals surface area contributed by atoms with Gasteiger partial charge in [0, 0.05) is 5.56 Å². The third-order valence-corrected chi connectivity index (χ3v) is 3.06. The van der Waals surface area contributed by atoms with Crippen LogP contribution in [0.1, 0.15) is 5.69 Å². The maximum Gasteiger partial charge on any atom is 0.149 e. The van der Waals surface area contributed by atoms with Crippen LogP contribution in [0.15, 0.2) is 48.5 Å². The number of aromatic nitrogens is 3. The Morgan fingerprint density at radius 2 is 1.62 bits per heavy atom. The number of para-hydroxylation sites is 1. The van der Waals surface area contributed by atoms with E-state index in [-0.39, 0.29) is 12.2 Å². The molecular formula is C15H12F2N4. The minimum absolute atomic E-state index is 0.165. The largest absolute Gasteiger partial charge is 0.374 e. The molecule has 0 radical (unpaired) electrons. The van der Waals surface area contributed by atoms with Crippen molar-refractivity contribution in [1.82, 2.24) is 15.4 Å². The predicted octanol–water partition coefficient (Wildman–Crippen LogP) is 3.36. The van der Waals surface area contributed by atoms with Crippen molar-refractivity contribution < 1.29 is 8.78 Å². The highest BCUT2D eigenvalue weighted by Crippen LogP contribution is 2.22. The topological polar surface area (TPSA) is 53.6 Å². The molecule has 3 aromatic rings. The van der Waals surface area contributed by atoms with Gasteiger partial charge in [0.05, 0.1) is 6.54 Å². The van der Waals surface area contributed by atoms with Crippen LogP contribution in [0.3, 0.4) is 0 Å². The fourth-order valence-corrected chi connectivity index (χ4v) is 2.04. The lowest BCUT2D eigenvalue weighted by Gasteiger charge is -2.07. The normalized spacial score (nSPS) is 10.6. The highest BCUT2D eigenvalue weighted by molar-refractivity contribution is 5.61. The standard InChI is InChI=1S/C15H12F2N4/c16-11-7-4-8-12(17)15(11)18-9-13-14(20-21-19-13)10-5-2-1-3-6-10/h1-8,18H,9H2,(H,19,20,21). The molecule has 1 heterocycles. The van der Waals surface area contributed by atoms with Crippen molar-refractivity contribution in [2.45, 2.75) is 6.54 Å². The lowest BCUT2D eigenvalue weighted by atomic mass is 10.1. The molecule has 106 valence electrons. The van der Waals surface area contributed by atoms with E-state index in [0.717, 1.165) is 5.56 Å². The van der Waals surface area contributed by atoms with Gasteiger partial charge in [-0.25, -0.2) is 8.78 Å². The maximum absolute atomic E-state index is 13.6. The summed E-state index contributed by atoms with van der Waals surface area (Å²) in [4.78, 5) is 0. The quantitative estimate of drug-likeness (QED) is 0.773. The van der Waals surface area contributed by atoms with Crippen molar-refractivity contribution in [2.75, 3.05) is 5.32 Å². The first-order valence-corrected chi connectivity index (χ1v) is 6.38. The Labute approximate surface area is 119 Å². The van der Waals surface area contributed by atoms with Gasteiger partial charge in [-0.15, -0.1) is 0 Å². The van der Waals surface area contributed by atoms with E-state index in [0.29, 0.717) is 11.4 Å². The van der Waals surface area contributed by atoms with Crippen LogP contribution in [0.5, 0.6) is 0 Å². The van der Waals surface area contributed by atoms with Crippen LogP contribution in [0.25, 0.3) is 11.3 Å². The Bertz CT molecular complexity index is 720. The predicted molar refractivity (Wildman–Crippen MR) is 75.5 cm³/mol. The Hall–Kier alpha value is -2.76. The Balaban J connectivity index is 1.83. The second-order valence-electron chi connectivity index (χ2n) is 4.44. The van der Waals surface area contributed by atoms with Crippen molar-refractivity contribution in [3.63, 3.8) is 0 Å². The number of H-pyrrole nitrogens is 1. The summed E-state index contributed by atoms with van der Waals surface area (Å²) in [6.07, 6.45) is 0. The number of aromatic amines is 1. The molecule has 0 amide bonds. The number of hydrogen-bond acceptors (Lipinski definition) is 3. The van der Waals surface area contributed by atoms with Gasteiger partial charge in [0.1, 0.15) is 28.7 Å². The summed E-state index contributed by atoms with van der Waals surface area (Å²) >= 11 is 0. The smallest absolute Gasteiger partial charge is 0.149 e. The van der Waals surface area contributed by atoms with E-state index < -0.39 is 11.6 Å². The van der Waals surface area contributed by atoms with Gasteiger partial charge in [-0.2, -0.15) is 15.4 Å². The molecule has 0 fully saturated rings. The van der Waals surface area contributed by atoms with Gasteiger partial charge in [-0.1, -0.05) is 36.4 Å². The van der Waals surface area contributed by atoms with Gasteiger partial charge in [0.15, 0.2) is 0 Å². The van der Waals surface area contributed by atoms with Gasteiger partial charge in [-0.05, 0) is 12.1 Å². The van der Waals surface area contributed by atoms with E-state index in [1.165, 1.54) is 18.2 Å². The minimum Gasteiger partial charge on any atom is -0.374 e. The zero-order valence-electron chi connectivity index (χ0n) is 11.0. The second-order valence-corrected chi connectivity index (χ2v) is 4.44. The number of anilines is 1. The number of nitrogens with zero attached hydrogens (tertiary/aromatic N) is 2. The zero-order valence-corrected chi connectivity index (χ0v) is 11.0.